The summed E-state index contributed by atoms with van der Waals surface area (Å²) in [6.07, 6.45) is 5.49. The number of nitrogens with zero attached hydrogens (tertiary/aromatic N) is 3. The van der Waals surface area contributed by atoms with Crippen molar-refractivity contribution in [3.63, 3.8) is 0 Å². The Morgan fingerprint density at radius 1 is 1.26 bits per heavy atom. The van der Waals surface area contributed by atoms with E-state index in [0.717, 1.165) is 37.4 Å². The first kappa shape index (κ1) is 11.0. The summed E-state index contributed by atoms with van der Waals surface area (Å²) in [4.78, 5) is 18.7. The highest BCUT2D eigenvalue weighted by Gasteiger charge is 2.38. The van der Waals surface area contributed by atoms with Gasteiger partial charge in [-0.2, -0.15) is 0 Å². The summed E-state index contributed by atoms with van der Waals surface area (Å²) >= 11 is 0. The number of hydrogen-bond acceptors (Lipinski definition) is 3. The van der Waals surface area contributed by atoms with Crippen LogP contribution < -0.4 is 5.32 Å². The molecule has 2 aromatic rings. The van der Waals surface area contributed by atoms with Gasteiger partial charge >= 0.3 is 0 Å². The van der Waals surface area contributed by atoms with E-state index in [0.29, 0.717) is 11.8 Å². The van der Waals surface area contributed by atoms with Crippen molar-refractivity contribution in [3.8, 4) is 0 Å². The molecule has 1 N–H and O–H groups in total. The van der Waals surface area contributed by atoms with Gasteiger partial charge in [0.1, 0.15) is 5.65 Å². The van der Waals surface area contributed by atoms with Crippen LogP contribution in [0.1, 0.15) is 10.4 Å². The average Bonchev–Trinajstić information content (AvgIpc) is 3.11. The van der Waals surface area contributed by atoms with Crippen molar-refractivity contribution in [3.05, 3.63) is 36.3 Å². The zero-order valence-corrected chi connectivity index (χ0v) is 10.6. The average molecular weight is 256 g/mol. The van der Waals surface area contributed by atoms with Gasteiger partial charge in [-0.1, -0.05) is 0 Å². The van der Waals surface area contributed by atoms with E-state index in [4.69, 9.17) is 0 Å². The number of likely N-dealkylation sites (tertiary alicyclic amines) is 1. The number of nitrogens with one attached hydrogen (secondary N) is 1. The van der Waals surface area contributed by atoms with Crippen LogP contribution in [-0.4, -0.2) is 46.4 Å². The largest absolute Gasteiger partial charge is 0.338 e. The van der Waals surface area contributed by atoms with Crippen LogP contribution >= 0.6 is 0 Å². The van der Waals surface area contributed by atoms with Gasteiger partial charge < -0.3 is 14.6 Å². The topological polar surface area (TPSA) is 49.6 Å². The van der Waals surface area contributed by atoms with Gasteiger partial charge in [-0.25, -0.2) is 4.98 Å². The number of pyridine rings is 1. The quantitative estimate of drug-likeness (QED) is 0.814. The van der Waals surface area contributed by atoms with Gasteiger partial charge in [0.2, 0.25) is 0 Å². The van der Waals surface area contributed by atoms with Crippen molar-refractivity contribution in [1.29, 1.82) is 0 Å². The monoisotopic (exact) mass is 256 g/mol. The summed E-state index contributed by atoms with van der Waals surface area (Å²) in [5, 5.41) is 3.39. The normalized spacial score (nSPS) is 26.0. The second-order valence-electron chi connectivity index (χ2n) is 5.50. The Hall–Kier alpha value is -1.88. The molecule has 1 amide bonds. The van der Waals surface area contributed by atoms with Gasteiger partial charge in [-0.3, -0.25) is 4.79 Å². The first-order valence-electron chi connectivity index (χ1n) is 6.74. The zero-order valence-electron chi connectivity index (χ0n) is 10.6. The lowest BCUT2D eigenvalue weighted by Crippen LogP contribution is -2.31. The molecule has 0 aromatic carbocycles. The van der Waals surface area contributed by atoms with Crippen LogP contribution in [0.4, 0.5) is 0 Å². The van der Waals surface area contributed by atoms with E-state index in [-0.39, 0.29) is 5.91 Å². The molecule has 98 valence electrons. The third-order valence-electron chi connectivity index (χ3n) is 4.31. The van der Waals surface area contributed by atoms with Crippen LogP contribution in [0.5, 0.6) is 0 Å². The van der Waals surface area contributed by atoms with Crippen LogP contribution in [0, 0.1) is 11.8 Å². The van der Waals surface area contributed by atoms with Crippen LogP contribution in [0.3, 0.4) is 0 Å². The van der Waals surface area contributed by atoms with Crippen LogP contribution in [0.15, 0.2) is 30.7 Å². The molecule has 5 nitrogen and oxygen atoms in total. The lowest BCUT2D eigenvalue weighted by Gasteiger charge is -2.17. The highest BCUT2D eigenvalue weighted by Crippen LogP contribution is 2.27. The van der Waals surface area contributed by atoms with Gasteiger partial charge in [0.15, 0.2) is 0 Å². The highest BCUT2D eigenvalue weighted by molar-refractivity contribution is 5.94. The molecule has 0 aliphatic carbocycles. The molecule has 5 heteroatoms. The molecule has 2 fully saturated rings. The van der Waals surface area contributed by atoms with Gasteiger partial charge in [-0.05, 0) is 24.0 Å². The maximum absolute atomic E-state index is 12.5. The number of hydrogen-bond donors (Lipinski definition) is 1. The number of imidazole rings is 1. The molecular weight excluding hydrogens is 240 g/mol. The Labute approximate surface area is 111 Å². The Kier molecular flexibility index (Phi) is 2.35. The van der Waals surface area contributed by atoms with E-state index in [1.54, 1.807) is 6.20 Å². The summed E-state index contributed by atoms with van der Waals surface area (Å²) in [6, 6.07) is 3.77. The van der Waals surface area contributed by atoms with Crippen LogP contribution in [0.25, 0.3) is 5.65 Å². The molecular formula is C14H16N4O. The number of carbonyl (C=O) groups is 1. The first-order chi connectivity index (χ1) is 9.31. The lowest BCUT2D eigenvalue weighted by atomic mass is 10.0. The fraction of sp³-hybridized carbons (Fsp3) is 0.429. The van der Waals surface area contributed by atoms with Crippen molar-refractivity contribution < 1.29 is 4.79 Å². The lowest BCUT2D eigenvalue weighted by molar-refractivity contribution is 0.0781. The van der Waals surface area contributed by atoms with Crippen LogP contribution in [-0.2, 0) is 0 Å². The van der Waals surface area contributed by atoms with Crippen molar-refractivity contribution >= 4 is 11.6 Å². The third kappa shape index (κ3) is 1.73. The predicted octanol–water partition coefficient (Wildman–Crippen LogP) is 0.626. The molecule has 4 rings (SSSR count). The van der Waals surface area contributed by atoms with Gasteiger partial charge in [0.05, 0.1) is 5.56 Å². The summed E-state index contributed by atoms with van der Waals surface area (Å²) < 4.78 is 1.89. The SMILES string of the molecule is O=C(c1ccc2nccn2c1)N1C[C@H]2CNC[C@H]2C1. The van der Waals surface area contributed by atoms with E-state index >= 15 is 0 Å². The smallest absolute Gasteiger partial charge is 0.255 e. The number of aromatic nitrogens is 2. The zero-order chi connectivity index (χ0) is 12.8. The number of carbonyl (C=O) groups excluding carboxylic acids is 1. The summed E-state index contributed by atoms with van der Waals surface area (Å²) in [5.41, 5.74) is 1.62. The minimum absolute atomic E-state index is 0.144. The fourth-order valence-corrected chi connectivity index (χ4v) is 3.25. The summed E-state index contributed by atoms with van der Waals surface area (Å²) in [7, 11) is 0. The minimum Gasteiger partial charge on any atom is -0.338 e. The fourth-order valence-electron chi connectivity index (χ4n) is 3.25. The van der Waals surface area contributed by atoms with Crippen molar-refractivity contribution in [2.75, 3.05) is 26.2 Å². The van der Waals surface area contributed by atoms with E-state index in [1.165, 1.54) is 0 Å². The Balaban J connectivity index is 1.59. The van der Waals surface area contributed by atoms with Crippen molar-refractivity contribution in [2.45, 2.75) is 0 Å². The molecule has 4 heterocycles. The van der Waals surface area contributed by atoms with E-state index in [1.807, 2.05) is 33.8 Å². The van der Waals surface area contributed by atoms with Gasteiger partial charge in [-0.15, -0.1) is 0 Å². The number of fused-ring (bicyclic) bond motifs is 2. The molecule has 0 bridgehead atoms. The first-order valence-corrected chi connectivity index (χ1v) is 6.74. The molecule has 2 saturated heterocycles. The molecule has 2 atom stereocenters. The summed E-state index contributed by atoms with van der Waals surface area (Å²) in [6.45, 7) is 3.88. The molecule has 0 unspecified atom stereocenters. The van der Waals surface area contributed by atoms with E-state index in [2.05, 4.69) is 10.3 Å². The molecule has 2 aliphatic heterocycles. The minimum atomic E-state index is 0.144. The predicted molar refractivity (Wildman–Crippen MR) is 70.9 cm³/mol. The van der Waals surface area contributed by atoms with Gasteiger partial charge in [0, 0.05) is 44.8 Å². The molecule has 2 aromatic heterocycles. The Bertz CT molecular complexity index is 623. The second kappa shape index (κ2) is 4.06. The molecule has 0 spiro atoms. The van der Waals surface area contributed by atoms with Gasteiger partial charge in [0.25, 0.3) is 5.91 Å². The van der Waals surface area contributed by atoms with Crippen molar-refractivity contribution in [1.82, 2.24) is 19.6 Å². The maximum Gasteiger partial charge on any atom is 0.255 e. The third-order valence-corrected chi connectivity index (χ3v) is 4.31. The maximum atomic E-state index is 12.5. The molecule has 2 aliphatic rings. The molecule has 0 radical (unpaired) electrons. The molecule has 0 saturated carbocycles. The van der Waals surface area contributed by atoms with E-state index in [9.17, 15) is 4.79 Å². The van der Waals surface area contributed by atoms with Crippen molar-refractivity contribution in [2.24, 2.45) is 11.8 Å². The Morgan fingerprint density at radius 2 is 2.05 bits per heavy atom. The molecule has 19 heavy (non-hydrogen) atoms. The van der Waals surface area contributed by atoms with Crippen LogP contribution in [0.2, 0.25) is 0 Å². The number of rotatable bonds is 1. The highest BCUT2D eigenvalue weighted by atomic mass is 16.2. The summed E-state index contributed by atoms with van der Waals surface area (Å²) in [5.74, 6) is 1.42. The second-order valence-corrected chi connectivity index (χ2v) is 5.50. The van der Waals surface area contributed by atoms with E-state index < -0.39 is 0 Å². The standard InChI is InChI=1S/C14H16N4O/c19-14(18-8-11-5-15-6-12(11)9-18)10-1-2-13-16-3-4-17(13)7-10/h1-4,7,11-12,15H,5-6,8-9H2/t11-,12+. The Morgan fingerprint density at radius 3 is 2.84 bits per heavy atom. The number of amides is 1.